The maximum absolute atomic E-state index is 12.1. The van der Waals surface area contributed by atoms with Gasteiger partial charge in [-0.1, -0.05) is 0 Å². The van der Waals surface area contributed by atoms with Gasteiger partial charge in [-0.2, -0.15) is 0 Å². The van der Waals surface area contributed by atoms with Crippen LogP contribution in [0.15, 0.2) is 50.1 Å². The van der Waals surface area contributed by atoms with Crippen molar-refractivity contribution < 1.29 is 33.0 Å². The van der Waals surface area contributed by atoms with E-state index in [1.807, 2.05) is 6.92 Å². The Balaban J connectivity index is 1.91. The summed E-state index contributed by atoms with van der Waals surface area (Å²) in [6.07, 6.45) is 3.02. The molecule has 0 fully saturated rings. The van der Waals surface area contributed by atoms with Gasteiger partial charge in [0.1, 0.15) is 0 Å². The van der Waals surface area contributed by atoms with Gasteiger partial charge in [-0.25, -0.2) is 14.6 Å². The monoisotopic (exact) mass is 449 g/mol. The third-order valence-electron chi connectivity index (χ3n) is 3.55. The highest BCUT2D eigenvalue weighted by Crippen LogP contribution is 2.38. The molecule has 2 heterocycles. The van der Waals surface area contributed by atoms with Crippen LogP contribution in [0.2, 0.25) is 0 Å². The van der Waals surface area contributed by atoms with Gasteiger partial charge in [-0.05, 0) is 58.8 Å². The highest BCUT2D eigenvalue weighted by molar-refractivity contribution is 9.10. The second-order valence-electron chi connectivity index (χ2n) is 5.44. The number of benzene rings is 1. The third kappa shape index (κ3) is 4.42. The summed E-state index contributed by atoms with van der Waals surface area (Å²) in [5, 5.41) is 0. The van der Waals surface area contributed by atoms with E-state index >= 15 is 0 Å². The average molecular weight is 450 g/mol. The number of nitrogens with zero attached hydrogens (tertiary/aromatic N) is 1. The lowest BCUT2D eigenvalue weighted by Crippen LogP contribution is -2.13. The molecule has 9 heteroatoms. The standard InChI is InChI=1S/C19H16BrNO7/c1-3-25-15-9-11(7-12(20)17(15)27-10-16(22)24-2)8-13-19(23)28-18(21-13)14-5-4-6-26-14/h4-9H,3,10H2,1-2H3/b13-8-. The molecule has 2 aromatic rings. The number of aliphatic imine (C=N–C) groups is 1. The molecule has 146 valence electrons. The van der Waals surface area contributed by atoms with Crippen molar-refractivity contribution in [3.8, 4) is 11.5 Å². The smallest absolute Gasteiger partial charge is 0.363 e. The van der Waals surface area contributed by atoms with Gasteiger partial charge in [0.15, 0.2) is 29.6 Å². The fourth-order valence-electron chi connectivity index (χ4n) is 2.34. The van der Waals surface area contributed by atoms with Gasteiger partial charge in [-0.15, -0.1) is 0 Å². The lowest BCUT2D eigenvalue weighted by atomic mass is 10.1. The minimum Gasteiger partial charge on any atom is -0.490 e. The van der Waals surface area contributed by atoms with Crippen LogP contribution in [0.25, 0.3) is 6.08 Å². The highest BCUT2D eigenvalue weighted by Gasteiger charge is 2.26. The quantitative estimate of drug-likeness (QED) is 0.472. The zero-order chi connectivity index (χ0) is 20.1. The molecule has 1 aromatic heterocycles. The minimum atomic E-state index is -0.591. The second-order valence-corrected chi connectivity index (χ2v) is 6.30. The van der Waals surface area contributed by atoms with Gasteiger partial charge < -0.3 is 23.4 Å². The summed E-state index contributed by atoms with van der Waals surface area (Å²) in [6.45, 7) is 1.93. The first-order valence-electron chi connectivity index (χ1n) is 8.24. The van der Waals surface area contributed by atoms with Crippen LogP contribution in [0, 0.1) is 0 Å². The number of hydrogen-bond donors (Lipinski definition) is 0. The molecule has 0 spiro atoms. The van der Waals surface area contributed by atoms with E-state index < -0.39 is 11.9 Å². The van der Waals surface area contributed by atoms with E-state index in [9.17, 15) is 9.59 Å². The molecule has 8 nitrogen and oxygen atoms in total. The molecule has 0 radical (unpaired) electrons. The van der Waals surface area contributed by atoms with Crippen LogP contribution in [0.4, 0.5) is 0 Å². The molecular weight excluding hydrogens is 434 g/mol. The van der Waals surface area contributed by atoms with E-state index in [1.165, 1.54) is 13.4 Å². The van der Waals surface area contributed by atoms with Gasteiger partial charge >= 0.3 is 11.9 Å². The van der Waals surface area contributed by atoms with Gasteiger partial charge in [0, 0.05) is 0 Å². The fraction of sp³-hybridized carbons (Fsp3) is 0.211. The predicted molar refractivity (Wildman–Crippen MR) is 102 cm³/mol. The zero-order valence-electron chi connectivity index (χ0n) is 15.1. The first-order chi connectivity index (χ1) is 13.5. The van der Waals surface area contributed by atoms with Crippen LogP contribution in [0.1, 0.15) is 18.2 Å². The summed E-state index contributed by atoms with van der Waals surface area (Å²) in [5.74, 6) is 0.0980. The van der Waals surface area contributed by atoms with Gasteiger partial charge in [0.05, 0.1) is 24.5 Å². The Hall–Kier alpha value is -3.07. The maximum atomic E-state index is 12.1. The van der Waals surface area contributed by atoms with E-state index in [0.29, 0.717) is 33.9 Å². The topological polar surface area (TPSA) is 96.6 Å². The number of rotatable bonds is 7. The van der Waals surface area contributed by atoms with Crippen molar-refractivity contribution in [2.24, 2.45) is 4.99 Å². The molecule has 0 saturated carbocycles. The number of carbonyl (C=O) groups excluding carboxylic acids is 2. The molecule has 1 aliphatic rings. The van der Waals surface area contributed by atoms with Crippen molar-refractivity contribution in [3.63, 3.8) is 0 Å². The van der Waals surface area contributed by atoms with Crippen LogP contribution >= 0.6 is 15.9 Å². The van der Waals surface area contributed by atoms with E-state index in [0.717, 1.165) is 0 Å². The molecule has 0 N–H and O–H groups in total. The Kier molecular flexibility index (Phi) is 6.15. The minimum absolute atomic E-state index is 0.100. The van der Waals surface area contributed by atoms with Crippen molar-refractivity contribution in [3.05, 3.63) is 52.0 Å². The van der Waals surface area contributed by atoms with Gasteiger partial charge in [0.25, 0.3) is 5.90 Å². The summed E-state index contributed by atoms with van der Waals surface area (Å²) in [4.78, 5) is 27.6. The Morgan fingerprint density at radius 3 is 2.82 bits per heavy atom. The SMILES string of the molecule is CCOc1cc(/C=C2\N=C(c3ccco3)OC2=O)cc(Br)c1OCC(=O)OC. The van der Waals surface area contributed by atoms with E-state index in [4.69, 9.17) is 18.6 Å². The predicted octanol–water partition coefficient (Wildman–Crippen LogP) is 3.34. The number of hydrogen-bond acceptors (Lipinski definition) is 8. The van der Waals surface area contributed by atoms with Crippen LogP contribution in [0.5, 0.6) is 11.5 Å². The Labute approximate surface area is 168 Å². The Morgan fingerprint density at radius 2 is 2.14 bits per heavy atom. The summed E-state index contributed by atoms with van der Waals surface area (Å²) < 4.78 is 26.5. The molecular formula is C19H16BrNO7. The first-order valence-corrected chi connectivity index (χ1v) is 9.03. The van der Waals surface area contributed by atoms with E-state index in [1.54, 1.807) is 30.3 Å². The molecule has 28 heavy (non-hydrogen) atoms. The number of halogens is 1. The molecule has 0 aliphatic carbocycles. The Bertz CT molecular complexity index is 947. The zero-order valence-corrected chi connectivity index (χ0v) is 16.6. The number of ether oxygens (including phenoxy) is 4. The van der Waals surface area contributed by atoms with Crippen LogP contribution in [-0.4, -0.2) is 38.2 Å². The molecule has 0 unspecified atom stereocenters. The molecule has 0 bridgehead atoms. The van der Waals surface area contributed by atoms with Crippen molar-refractivity contribution in [1.29, 1.82) is 0 Å². The second kappa shape index (κ2) is 8.75. The maximum Gasteiger partial charge on any atom is 0.363 e. The Morgan fingerprint density at radius 1 is 1.32 bits per heavy atom. The molecule has 0 saturated heterocycles. The number of esters is 2. The lowest BCUT2D eigenvalue weighted by molar-refractivity contribution is -0.143. The third-order valence-corrected chi connectivity index (χ3v) is 4.14. The molecule has 0 amide bonds. The van der Waals surface area contributed by atoms with Crippen LogP contribution in [-0.2, 0) is 19.1 Å². The number of methoxy groups -OCH3 is 1. The van der Waals surface area contributed by atoms with Crippen LogP contribution < -0.4 is 9.47 Å². The highest BCUT2D eigenvalue weighted by atomic mass is 79.9. The van der Waals surface area contributed by atoms with E-state index in [2.05, 4.69) is 25.7 Å². The molecule has 3 rings (SSSR count). The average Bonchev–Trinajstić information content (AvgIpc) is 3.31. The molecule has 1 aliphatic heterocycles. The normalized spacial score (nSPS) is 14.6. The van der Waals surface area contributed by atoms with Crippen molar-refractivity contribution in [1.82, 2.24) is 0 Å². The number of carbonyl (C=O) groups is 2. The van der Waals surface area contributed by atoms with E-state index in [-0.39, 0.29) is 18.2 Å². The van der Waals surface area contributed by atoms with Gasteiger partial charge in [0.2, 0.25) is 0 Å². The van der Waals surface area contributed by atoms with Crippen molar-refractivity contribution in [2.45, 2.75) is 6.92 Å². The summed E-state index contributed by atoms with van der Waals surface area (Å²) in [6, 6.07) is 6.69. The molecule has 0 atom stereocenters. The van der Waals surface area contributed by atoms with Crippen LogP contribution in [0.3, 0.4) is 0 Å². The first kappa shape index (κ1) is 19.7. The van der Waals surface area contributed by atoms with Crippen molar-refractivity contribution in [2.75, 3.05) is 20.3 Å². The lowest BCUT2D eigenvalue weighted by Gasteiger charge is -2.14. The number of cyclic esters (lactones) is 1. The fourth-order valence-corrected chi connectivity index (χ4v) is 2.91. The largest absolute Gasteiger partial charge is 0.490 e. The summed E-state index contributed by atoms with van der Waals surface area (Å²) >= 11 is 3.39. The molecule has 1 aromatic carbocycles. The summed E-state index contributed by atoms with van der Waals surface area (Å²) in [5.41, 5.74) is 0.737. The van der Waals surface area contributed by atoms with Gasteiger partial charge in [-0.3, -0.25) is 0 Å². The summed E-state index contributed by atoms with van der Waals surface area (Å²) in [7, 11) is 1.28. The number of furan rings is 1. The van der Waals surface area contributed by atoms with Crippen molar-refractivity contribution >= 4 is 39.8 Å².